The van der Waals surface area contributed by atoms with Crippen LogP contribution >= 0.6 is 0 Å². The van der Waals surface area contributed by atoms with Crippen molar-refractivity contribution in [2.45, 2.75) is 38.0 Å². The molecule has 32 heavy (non-hydrogen) atoms. The zero-order valence-electron chi connectivity index (χ0n) is 16.8. The Morgan fingerprint density at radius 3 is 2.19 bits per heavy atom. The summed E-state index contributed by atoms with van der Waals surface area (Å²) in [4.78, 5) is 45.7. The van der Waals surface area contributed by atoms with Gasteiger partial charge in [0, 0.05) is 17.8 Å². The number of rotatable bonds is 6. The van der Waals surface area contributed by atoms with E-state index in [0.29, 0.717) is 24.2 Å². The van der Waals surface area contributed by atoms with Gasteiger partial charge in [-0.3, -0.25) is 10.2 Å². The zero-order chi connectivity index (χ0) is 24.6. The number of carboxylic acids is 2. The highest BCUT2D eigenvalue weighted by atomic mass is 19.4. The standard InChI is InChI=1S/C16H21N5O4.C2HF3O2/c1-2-11(15(23)24)19-16(25)20-12-7-8-21(14(12)22)10-5-3-9(4-6-10)13(17)18;3-2(4,5)1(6)7/h3-6,11-12H,2,7-8H2,1H3,(H3,17,18)(H,23,24)(H2,19,20,25);(H,6,7)/t11-,12?;/m1./s1. The highest BCUT2D eigenvalue weighted by Gasteiger charge is 2.38. The minimum Gasteiger partial charge on any atom is -0.480 e. The van der Waals surface area contributed by atoms with Crippen LogP contribution in [0.4, 0.5) is 23.7 Å². The van der Waals surface area contributed by atoms with Gasteiger partial charge in [-0.2, -0.15) is 13.2 Å². The minimum absolute atomic E-state index is 0.0561. The lowest BCUT2D eigenvalue weighted by Gasteiger charge is -2.18. The summed E-state index contributed by atoms with van der Waals surface area (Å²) >= 11 is 0. The first-order chi connectivity index (χ1) is 14.8. The van der Waals surface area contributed by atoms with Gasteiger partial charge < -0.3 is 31.5 Å². The molecular weight excluding hydrogens is 439 g/mol. The zero-order valence-corrected chi connectivity index (χ0v) is 16.8. The van der Waals surface area contributed by atoms with E-state index in [-0.39, 0.29) is 18.2 Å². The number of amidine groups is 1. The molecule has 1 aromatic carbocycles. The van der Waals surface area contributed by atoms with Gasteiger partial charge in [-0.05, 0) is 37.1 Å². The van der Waals surface area contributed by atoms with Crippen molar-refractivity contribution in [3.63, 3.8) is 0 Å². The number of amides is 3. The van der Waals surface area contributed by atoms with Crippen LogP contribution in [-0.4, -0.2) is 64.7 Å². The first-order valence-electron chi connectivity index (χ1n) is 9.13. The Kier molecular flexibility index (Phi) is 8.98. The summed E-state index contributed by atoms with van der Waals surface area (Å²) in [5.74, 6) is -4.20. The molecule has 0 spiro atoms. The molecule has 1 saturated heterocycles. The lowest BCUT2D eigenvalue weighted by atomic mass is 10.2. The van der Waals surface area contributed by atoms with Crippen LogP contribution in [0.5, 0.6) is 0 Å². The third kappa shape index (κ3) is 7.45. The molecule has 0 radical (unpaired) electrons. The monoisotopic (exact) mass is 461 g/mol. The van der Waals surface area contributed by atoms with Crippen LogP contribution in [0, 0.1) is 5.41 Å². The molecule has 3 amide bonds. The smallest absolute Gasteiger partial charge is 0.480 e. The molecule has 1 unspecified atom stereocenters. The van der Waals surface area contributed by atoms with Crippen molar-refractivity contribution in [3.8, 4) is 0 Å². The van der Waals surface area contributed by atoms with Gasteiger partial charge in [0.1, 0.15) is 17.9 Å². The highest BCUT2D eigenvalue weighted by Crippen LogP contribution is 2.22. The van der Waals surface area contributed by atoms with Crippen molar-refractivity contribution in [2.75, 3.05) is 11.4 Å². The number of nitrogens with zero attached hydrogens (tertiary/aromatic N) is 1. The number of benzene rings is 1. The molecule has 0 saturated carbocycles. The molecule has 0 aromatic heterocycles. The number of hydrogen-bond donors (Lipinski definition) is 6. The van der Waals surface area contributed by atoms with Crippen molar-refractivity contribution >= 4 is 35.4 Å². The third-order valence-corrected chi connectivity index (χ3v) is 4.25. The Morgan fingerprint density at radius 1 is 1.25 bits per heavy atom. The average molecular weight is 461 g/mol. The molecule has 1 heterocycles. The quantitative estimate of drug-likeness (QED) is 0.268. The van der Waals surface area contributed by atoms with Gasteiger partial charge in [-0.15, -0.1) is 0 Å². The predicted octanol–water partition coefficient (Wildman–Crippen LogP) is 0.872. The number of anilines is 1. The Morgan fingerprint density at radius 2 is 1.78 bits per heavy atom. The Balaban J connectivity index is 0.000000633. The second kappa shape index (κ2) is 11.0. The summed E-state index contributed by atoms with van der Waals surface area (Å²) in [6.45, 7) is 2.07. The first-order valence-corrected chi connectivity index (χ1v) is 9.13. The number of carbonyl (C=O) groups excluding carboxylic acids is 2. The Bertz CT molecular complexity index is 875. The van der Waals surface area contributed by atoms with Crippen molar-refractivity contribution in [1.29, 1.82) is 5.41 Å². The number of alkyl halides is 3. The summed E-state index contributed by atoms with van der Waals surface area (Å²) in [5, 5.41) is 28.3. The summed E-state index contributed by atoms with van der Waals surface area (Å²) in [6, 6.07) is 4.30. The van der Waals surface area contributed by atoms with E-state index in [4.69, 9.17) is 26.2 Å². The molecule has 11 nitrogen and oxygen atoms in total. The maximum atomic E-state index is 12.4. The fourth-order valence-corrected chi connectivity index (χ4v) is 2.59. The number of halogens is 3. The summed E-state index contributed by atoms with van der Waals surface area (Å²) in [7, 11) is 0. The number of nitrogens with two attached hydrogens (primary N) is 1. The van der Waals surface area contributed by atoms with E-state index in [9.17, 15) is 27.6 Å². The van der Waals surface area contributed by atoms with Crippen LogP contribution < -0.4 is 21.3 Å². The fourth-order valence-electron chi connectivity index (χ4n) is 2.59. The van der Waals surface area contributed by atoms with Gasteiger partial charge in [0.15, 0.2) is 0 Å². The summed E-state index contributed by atoms with van der Waals surface area (Å²) in [6.07, 6.45) is -4.42. The molecule has 1 fully saturated rings. The van der Waals surface area contributed by atoms with Gasteiger partial charge in [0.2, 0.25) is 5.91 Å². The van der Waals surface area contributed by atoms with Crippen LogP contribution in [0.1, 0.15) is 25.3 Å². The molecule has 2 rings (SSSR count). The van der Waals surface area contributed by atoms with E-state index in [1.165, 1.54) is 4.90 Å². The van der Waals surface area contributed by atoms with Crippen LogP contribution in [0.15, 0.2) is 24.3 Å². The van der Waals surface area contributed by atoms with Crippen LogP contribution in [0.3, 0.4) is 0 Å². The molecule has 2 atom stereocenters. The number of aliphatic carboxylic acids is 2. The van der Waals surface area contributed by atoms with Gasteiger partial charge in [-0.1, -0.05) is 6.92 Å². The van der Waals surface area contributed by atoms with Gasteiger partial charge in [0.25, 0.3) is 0 Å². The Hall–Kier alpha value is -3.84. The first kappa shape index (κ1) is 26.2. The van der Waals surface area contributed by atoms with Crippen LogP contribution in [0.25, 0.3) is 0 Å². The normalized spacial score (nSPS) is 16.4. The van der Waals surface area contributed by atoms with E-state index in [1.807, 2.05) is 0 Å². The molecule has 0 aliphatic carbocycles. The van der Waals surface area contributed by atoms with Gasteiger partial charge in [-0.25, -0.2) is 14.4 Å². The second-order valence-electron chi connectivity index (χ2n) is 6.51. The lowest BCUT2D eigenvalue weighted by molar-refractivity contribution is -0.192. The summed E-state index contributed by atoms with van der Waals surface area (Å²) in [5.41, 5.74) is 6.61. The van der Waals surface area contributed by atoms with Crippen molar-refractivity contribution in [1.82, 2.24) is 10.6 Å². The topological polar surface area (TPSA) is 186 Å². The maximum Gasteiger partial charge on any atom is 0.490 e. The van der Waals surface area contributed by atoms with E-state index in [2.05, 4.69) is 10.6 Å². The number of carboxylic acid groups (broad SMARTS) is 2. The number of hydrogen-bond acceptors (Lipinski definition) is 5. The lowest BCUT2D eigenvalue weighted by Crippen LogP contribution is -2.50. The van der Waals surface area contributed by atoms with Gasteiger partial charge >= 0.3 is 24.1 Å². The maximum absolute atomic E-state index is 12.4. The summed E-state index contributed by atoms with van der Waals surface area (Å²) < 4.78 is 31.7. The third-order valence-electron chi connectivity index (χ3n) is 4.25. The predicted molar refractivity (Wildman–Crippen MR) is 105 cm³/mol. The molecular formula is C18H22F3N5O6. The number of nitrogens with one attached hydrogen (secondary N) is 3. The van der Waals surface area contributed by atoms with Crippen LogP contribution in [-0.2, 0) is 14.4 Å². The molecule has 1 aliphatic rings. The van der Waals surface area contributed by atoms with Crippen molar-refractivity contribution < 1.29 is 42.6 Å². The molecule has 14 heteroatoms. The van der Waals surface area contributed by atoms with E-state index in [0.717, 1.165) is 0 Å². The van der Waals surface area contributed by atoms with E-state index in [1.54, 1.807) is 31.2 Å². The molecule has 0 bridgehead atoms. The number of nitrogen functional groups attached to an aromatic ring is 1. The molecule has 7 N–H and O–H groups in total. The van der Waals surface area contributed by atoms with Crippen LogP contribution in [0.2, 0.25) is 0 Å². The van der Waals surface area contributed by atoms with E-state index < -0.39 is 36.2 Å². The molecule has 176 valence electrons. The number of carbonyl (C=O) groups is 4. The fraction of sp³-hybridized carbons (Fsp3) is 0.389. The number of urea groups is 1. The molecule has 1 aromatic rings. The Labute approximate surface area is 179 Å². The van der Waals surface area contributed by atoms with Crippen molar-refractivity contribution in [2.24, 2.45) is 5.73 Å². The largest absolute Gasteiger partial charge is 0.490 e. The average Bonchev–Trinajstić information content (AvgIpc) is 3.05. The highest BCUT2D eigenvalue weighted by molar-refractivity contribution is 6.02. The molecule has 1 aliphatic heterocycles. The second-order valence-corrected chi connectivity index (χ2v) is 6.51. The minimum atomic E-state index is -5.08. The van der Waals surface area contributed by atoms with Crippen molar-refractivity contribution in [3.05, 3.63) is 29.8 Å². The SMILES string of the molecule is CC[C@@H](NC(=O)NC1CCN(c2ccc(C(=N)N)cc2)C1=O)C(=O)O.O=C(O)C(F)(F)F. The van der Waals surface area contributed by atoms with E-state index >= 15 is 0 Å². The van der Waals surface area contributed by atoms with Gasteiger partial charge in [0.05, 0.1) is 0 Å².